The zero-order chi connectivity index (χ0) is 18.8. The van der Waals surface area contributed by atoms with Crippen molar-refractivity contribution in [2.45, 2.75) is 19.2 Å². The van der Waals surface area contributed by atoms with Gasteiger partial charge in [-0.05, 0) is 55.4 Å². The van der Waals surface area contributed by atoms with Gasteiger partial charge in [0.25, 0.3) is 11.1 Å². The molecule has 134 valence electrons. The van der Waals surface area contributed by atoms with Crippen LogP contribution in [-0.2, 0) is 9.59 Å². The highest BCUT2D eigenvalue weighted by Crippen LogP contribution is 2.36. The predicted octanol–water partition coefficient (Wildman–Crippen LogP) is 2.09. The Kier molecular flexibility index (Phi) is 4.99. The first-order valence-electron chi connectivity index (χ1n) is 8.01. The van der Waals surface area contributed by atoms with Crippen molar-refractivity contribution < 1.29 is 19.5 Å². The molecule has 1 heterocycles. The molecule has 26 heavy (non-hydrogen) atoms. The third-order valence-electron chi connectivity index (χ3n) is 4.03. The Morgan fingerprint density at radius 2 is 1.81 bits per heavy atom. The van der Waals surface area contributed by atoms with Gasteiger partial charge in [-0.2, -0.15) is 0 Å². The van der Waals surface area contributed by atoms with Crippen LogP contribution in [0.5, 0.6) is 0 Å². The van der Waals surface area contributed by atoms with Crippen molar-refractivity contribution in [3.8, 4) is 0 Å². The van der Waals surface area contributed by atoms with E-state index in [9.17, 15) is 19.5 Å². The molecule has 1 aliphatic rings. The van der Waals surface area contributed by atoms with E-state index in [0.717, 1.165) is 27.8 Å². The van der Waals surface area contributed by atoms with Gasteiger partial charge in [0.05, 0.1) is 18.2 Å². The van der Waals surface area contributed by atoms with Crippen LogP contribution in [0.4, 0.5) is 16.2 Å². The Bertz CT molecular complexity index is 866. The fourth-order valence-corrected chi connectivity index (χ4v) is 3.80. The summed E-state index contributed by atoms with van der Waals surface area (Å²) in [6, 6.07) is 14.2. The standard InChI is InChI=1S/C19H18N2O4S/c1-12-6-8-14(9-7-12)20(11-16(22)23)18-17(24)21(19(25)26-18)15-5-3-4-13(2)10-15/h3-10,18H,11H2,1-2H3,(H,22,23)/p-1. The second kappa shape index (κ2) is 7.21. The van der Waals surface area contributed by atoms with Crippen LogP contribution in [0, 0.1) is 13.8 Å². The van der Waals surface area contributed by atoms with Crippen LogP contribution in [-0.4, -0.2) is 29.0 Å². The zero-order valence-corrected chi connectivity index (χ0v) is 15.2. The first-order chi connectivity index (χ1) is 12.4. The first-order valence-corrected chi connectivity index (χ1v) is 8.89. The molecule has 1 atom stereocenters. The third-order valence-corrected chi connectivity index (χ3v) is 5.10. The fourth-order valence-electron chi connectivity index (χ4n) is 2.78. The molecule has 0 radical (unpaired) electrons. The molecule has 0 N–H and O–H groups in total. The fraction of sp³-hybridized carbons (Fsp3) is 0.211. The van der Waals surface area contributed by atoms with Gasteiger partial charge in [-0.15, -0.1) is 0 Å². The molecule has 2 aromatic carbocycles. The Labute approximate surface area is 155 Å². The summed E-state index contributed by atoms with van der Waals surface area (Å²) in [5.74, 6) is -1.78. The number of imide groups is 1. The van der Waals surface area contributed by atoms with Gasteiger partial charge in [0.2, 0.25) is 0 Å². The normalized spacial score (nSPS) is 16.8. The number of carbonyl (C=O) groups excluding carboxylic acids is 3. The van der Waals surface area contributed by atoms with Crippen molar-refractivity contribution in [2.24, 2.45) is 0 Å². The summed E-state index contributed by atoms with van der Waals surface area (Å²) in [6.07, 6.45) is 0. The van der Waals surface area contributed by atoms with Gasteiger partial charge in [0.1, 0.15) is 0 Å². The number of hydrogen-bond donors (Lipinski definition) is 0. The molecule has 0 aromatic heterocycles. The summed E-state index contributed by atoms with van der Waals surface area (Å²) >= 11 is 0.804. The van der Waals surface area contributed by atoms with Gasteiger partial charge in [-0.25, -0.2) is 4.90 Å². The number of aryl methyl sites for hydroxylation is 2. The zero-order valence-electron chi connectivity index (χ0n) is 14.3. The minimum Gasteiger partial charge on any atom is -0.548 e. The molecular formula is C19H17N2O4S-. The van der Waals surface area contributed by atoms with Crippen LogP contribution in [0.15, 0.2) is 48.5 Å². The monoisotopic (exact) mass is 369 g/mol. The molecule has 0 spiro atoms. The molecule has 0 saturated carbocycles. The van der Waals surface area contributed by atoms with Crippen LogP contribution >= 0.6 is 11.8 Å². The topological polar surface area (TPSA) is 80.8 Å². The number of nitrogens with zero attached hydrogens (tertiary/aromatic N) is 2. The molecule has 0 aliphatic carbocycles. The SMILES string of the molecule is Cc1ccc(N(CC(=O)[O-])C2SC(=O)N(c3cccc(C)c3)C2=O)cc1. The van der Waals surface area contributed by atoms with Crippen molar-refractivity contribution in [3.05, 3.63) is 59.7 Å². The minimum atomic E-state index is -1.32. The number of rotatable bonds is 5. The third kappa shape index (κ3) is 3.57. The van der Waals surface area contributed by atoms with E-state index in [1.165, 1.54) is 4.90 Å². The second-order valence-electron chi connectivity index (χ2n) is 6.08. The van der Waals surface area contributed by atoms with Gasteiger partial charge in [-0.3, -0.25) is 9.59 Å². The summed E-state index contributed by atoms with van der Waals surface area (Å²) in [5, 5.41) is 9.83. The molecule has 0 bridgehead atoms. The lowest BCUT2D eigenvalue weighted by molar-refractivity contribution is -0.303. The van der Waals surface area contributed by atoms with Crippen LogP contribution in [0.25, 0.3) is 0 Å². The quantitative estimate of drug-likeness (QED) is 0.803. The summed E-state index contributed by atoms with van der Waals surface area (Å²) in [4.78, 5) is 39.1. The second-order valence-corrected chi connectivity index (χ2v) is 7.12. The van der Waals surface area contributed by atoms with E-state index in [2.05, 4.69) is 0 Å². The van der Waals surface area contributed by atoms with Crippen LogP contribution in [0.3, 0.4) is 0 Å². The Morgan fingerprint density at radius 1 is 1.12 bits per heavy atom. The van der Waals surface area contributed by atoms with Gasteiger partial charge in [-0.1, -0.05) is 29.8 Å². The Hall–Kier alpha value is -2.80. The first kappa shape index (κ1) is 18.0. The van der Waals surface area contributed by atoms with Crippen LogP contribution < -0.4 is 14.9 Å². The van der Waals surface area contributed by atoms with E-state index >= 15 is 0 Å². The molecule has 1 unspecified atom stereocenters. The van der Waals surface area contributed by atoms with E-state index in [4.69, 9.17) is 0 Å². The van der Waals surface area contributed by atoms with E-state index in [1.54, 1.807) is 30.3 Å². The maximum absolute atomic E-state index is 12.9. The highest BCUT2D eigenvalue weighted by Gasteiger charge is 2.44. The largest absolute Gasteiger partial charge is 0.548 e. The number of carbonyl (C=O) groups is 3. The summed E-state index contributed by atoms with van der Waals surface area (Å²) in [6.45, 7) is 3.29. The average Bonchev–Trinajstić information content (AvgIpc) is 2.88. The van der Waals surface area contributed by atoms with Gasteiger partial charge in [0.15, 0.2) is 5.37 Å². The van der Waals surface area contributed by atoms with Crippen molar-refractivity contribution in [1.29, 1.82) is 0 Å². The molecule has 2 aromatic rings. The smallest absolute Gasteiger partial charge is 0.295 e. The molecule has 1 aliphatic heterocycles. The maximum atomic E-state index is 12.9. The molecule has 3 rings (SSSR count). The van der Waals surface area contributed by atoms with E-state index in [0.29, 0.717) is 11.4 Å². The number of carboxylic acids is 1. The summed E-state index contributed by atoms with van der Waals surface area (Å²) < 4.78 is 0. The number of benzene rings is 2. The molecule has 2 amide bonds. The minimum absolute atomic E-state index is 0.430. The van der Waals surface area contributed by atoms with Crippen molar-refractivity contribution in [1.82, 2.24) is 0 Å². The number of hydrogen-bond acceptors (Lipinski definition) is 6. The highest BCUT2D eigenvalue weighted by molar-refractivity contribution is 8.16. The van der Waals surface area contributed by atoms with Gasteiger partial charge < -0.3 is 14.8 Å². The van der Waals surface area contributed by atoms with Crippen molar-refractivity contribution >= 4 is 40.3 Å². The van der Waals surface area contributed by atoms with Crippen molar-refractivity contribution in [2.75, 3.05) is 16.3 Å². The van der Waals surface area contributed by atoms with E-state index in [1.807, 2.05) is 32.0 Å². The van der Waals surface area contributed by atoms with Crippen molar-refractivity contribution in [3.63, 3.8) is 0 Å². The molecular weight excluding hydrogens is 352 g/mol. The highest BCUT2D eigenvalue weighted by atomic mass is 32.2. The molecule has 7 heteroatoms. The number of amides is 2. The summed E-state index contributed by atoms with van der Waals surface area (Å²) in [7, 11) is 0. The lowest BCUT2D eigenvalue weighted by Gasteiger charge is -2.29. The number of carboxylic acid groups (broad SMARTS) is 1. The van der Waals surface area contributed by atoms with Gasteiger partial charge >= 0.3 is 0 Å². The van der Waals surface area contributed by atoms with Gasteiger partial charge in [0, 0.05) is 5.69 Å². The Balaban J connectivity index is 1.95. The van der Waals surface area contributed by atoms with Crippen LogP contribution in [0.1, 0.15) is 11.1 Å². The molecule has 1 saturated heterocycles. The number of thioether (sulfide) groups is 1. The molecule has 6 nitrogen and oxygen atoms in total. The average molecular weight is 369 g/mol. The van der Waals surface area contributed by atoms with E-state index < -0.39 is 29.0 Å². The number of anilines is 2. The predicted molar refractivity (Wildman–Crippen MR) is 99.0 cm³/mol. The van der Waals surface area contributed by atoms with E-state index in [-0.39, 0.29) is 0 Å². The molecule has 1 fully saturated rings. The summed E-state index contributed by atoms with van der Waals surface area (Å²) in [5.41, 5.74) is 2.95. The van der Waals surface area contributed by atoms with Crippen LogP contribution in [0.2, 0.25) is 0 Å². The Morgan fingerprint density at radius 3 is 2.42 bits per heavy atom. The lowest BCUT2D eigenvalue weighted by atomic mass is 10.2. The lowest BCUT2D eigenvalue weighted by Crippen LogP contribution is -2.47. The maximum Gasteiger partial charge on any atom is 0.295 e. The number of aliphatic carboxylic acids is 1.